The van der Waals surface area contributed by atoms with Crippen molar-refractivity contribution in [2.24, 2.45) is 10.2 Å². The molecule has 0 heterocycles. The SMILES string of the molecule is COc1ccc(NC(=O)C(N=Nc2ccc(SS(=O)(=O)O)cc2)C(C)=O)cc1. The number of carbonyl (C=O) groups excluding carboxylic acids is 2. The topological polar surface area (TPSA) is 134 Å². The number of carbonyl (C=O) groups is 2. The van der Waals surface area contributed by atoms with Gasteiger partial charge in [-0.2, -0.15) is 18.6 Å². The second kappa shape index (κ2) is 9.44. The third-order valence-corrected chi connectivity index (χ3v) is 5.20. The number of ether oxygens (including phenoxy) is 1. The summed E-state index contributed by atoms with van der Waals surface area (Å²) in [4.78, 5) is 24.4. The molecule has 0 saturated heterocycles. The number of Topliss-reactive ketones (excluding diaryl/α,β-unsaturated/α-hetero) is 1. The van der Waals surface area contributed by atoms with Gasteiger partial charge in [-0.05, 0) is 55.5 Å². The smallest absolute Gasteiger partial charge is 0.324 e. The molecule has 0 fully saturated rings. The first-order valence-corrected chi connectivity index (χ1v) is 10.6. The Balaban J connectivity index is 2.08. The molecule has 0 bridgehead atoms. The van der Waals surface area contributed by atoms with Gasteiger partial charge in [-0.3, -0.25) is 14.1 Å². The Morgan fingerprint density at radius 2 is 1.71 bits per heavy atom. The van der Waals surface area contributed by atoms with Crippen molar-refractivity contribution in [2.45, 2.75) is 17.9 Å². The summed E-state index contributed by atoms with van der Waals surface area (Å²) < 4.78 is 35.5. The molecule has 2 aromatic carbocycles. The number of ketones is 1. The predicted octanol–water partition coefficient (Wildman–Crippen LogP) is 3.27. The van der Waals surface area contributed by atoms with Gasteiger partial charge in [-0.25, -0.2) is 0 Å². The minimum atomic E-state index is -4.22. The molecular weight excluding hydrogens is 406 g/mol. The van der Waals surface area contributed by atoms with E-state index < -0.39 is 26.9 Å². The fourth-order valence-corrected chi connectivity index (χ4v) is 3.57. The van der Waals surface area contributed by atoms with E-state index in [1.165, 1.54) is 38.3 Å². The molecular formula is C17H17N3O6S2. The summed E-state index contributed by atoms with van der Waals surface area (Å²) in [7, 11) is -2.42. The van der Waals surface area contributed by atoms with Crippen molar-refractivity contribution in [3.05, 3.63) is 48.5 Å². The maximum Gasteiger partial charge on any atom is 0.324 e. The van der Waals surface area contributed by atoms with Gasteiger partial charge in [0, 0.05) is 21.4 Å². The Morgan fingerprint density at radius 1 is 1.11 bits per heavy atom. The molecule has 11 heteroatoms. The molecule has 0 aromatic heterocycles. The minimum absolute atomic E-state index is 0.276. The highest BCUT2D eigenvalue weighted by molar-refractivity contribution is 8.69. The number of benzene rings is 2. The van der Waals surface area contributed by atoms with E-state index in [1.807, 2.05) is 0 Å². The summed E-state index contributed by atoms with van der Waals surface area (Å²) in [6.07, 6.45) is 0. The van der Waals surface area contributed by atoms with Crippen LogP contribution in [0.2, 0.25) is 0 Å². The molecule has 1 unspecified atom stereocenters. The van der Waals surface area contributed by atoms with Crippen LogP contribution in [-0.2, 0) is 18.7 Å². The van der Waals surface area contributed by atoms with E-state index >= 15 is 0 Å². The summed E-state index contributed by atoms with van der Waals surface area (Å²) >= 11 is 0. The minimum Gasteiger partial charge on any atom is -0.497 e. The lowest BCUT2D eigenvalue weighted by Gasteiger charge is -2.10. The monoisotopic (exact) mass is 423 g/mol. The molecule has 2 N–H and O–H groups in total. The van der Waals surface area contributed by atoms with Gasteiger partial charge in [0.1, 0.15) is 5.75 Å². The van der Waals surface area contributed by atoms with Crippen molar-refractivity contribution in [2.75, 3.05) is 12.4 Å². The molecule has 0 radical (unpaired) electrons. The second-order valence-electron chi connectivity index (χ2n) is 5.45. The first kappa shape index (κ1) is 21.5. The van der Waals surface area contributed by atoms with Crippen LogP contribution in [0.3, 0.4) is 0 Å². The number of nitrogens with one attached hydrogen (secondary N) is 1. The number of rotatable bonds is 8. The maximum atomic E-state index is 12.3. The van der Waals surface area contributed by atoms with Gasteiger partial charge in [0.25, 0.3) is 5.91 Å². The molecule has 28 heavy (non-hydrogen) atoms. The van der Waals surface area contributed by atoms with E-state index in [9.17, 15) is 18.0 Å². The maximum absolute atomic E-state index is 12.3. The van der Waals surface area contributed by atoms with Crippen molar-refractivity contribution in [1.82, 2.24) is 0 Å². The molecule has 0 aliphatic carbocycles. The molecule has 0 saturated carbocycles. The molecule has 0 spiro atoms. The number of methoxy groups -OCH3 is 1. The van der Waals surface area contributed by atoms with Crippen molar-refractivity contribution in [3.8, 4) is 5.75 Å². The third-order valence-electron chi connectivity index (χ3n) is 3.32. The summed E-state index contributed by atoms with van der Waals surface area (Å²) in [5.74, 6) is -0.510. The number of amides is 1. The highest BCUT2D eigenvalue weighted by Gasteiger charge is 2.23. The van der Waals surface area contributed by atoms with Crippen LogP contribution in [0.15, 0.2) is 63.7 Å². The number of hydrogen-bond acceptors (Lipinski definition) is 8. The standard InChI is InChI=1S/C17H17N3O6S2/c1-11(21)16(17(22)18-12-3-7-14(26-2)8-4-12)20-19-13-5-9-15(10-6-13)27-28(23,24)25/h3-10,16H,1-2H3,(H,18,22)(H,23,24,25). The van der Waals surface area contributed by atoms with Crippen LogP contribution < -0.4 is 10.1 Å². The van der Waals surface area contributed by atoms with Crippen LogP contribution in [0.4, 0.5) is 11.4 Å². The van der Waals surface area contributed by atoms with Crippen LogP contribution in [0, 0.1) is 0 Å². The van der Waals surface area contributed by atoms with Gasteiger partial charge < -0.3 is 10.1 Å². The third kappa shape index (κ3) is 6.76. The van der Waals surface area contributed by atoms with Crippen LogP contribution in [0.1, 0.15) is 6.92 Å². The molecule has 1 amide bonds. The summed E-state index contributed by atoms with van der Waals surface area (Å²) in [6.45, 7) is 1.23. The Kier molecular flexibility index (Phi) is 7.26. The zero-order valence-electron chi connectivity index (χ0n) is 14.9. The first-order valence-electron chi connectivity index (χ1n) is 7.81. The van der Waals surface area contributed by atoms with Gasteiger partial charge in [-0.15, -0.1) is 0 Å². The van der Waals surface area contributed by atoms with Crippen LogP contribution in [0.5, 0.6) is 5.75 Å². The Morgan fingerprint density at radius 3 is 2.21 bits per heavy atom. The first-order chi connectivity index (χ1) is 13.2. The van der Waals surface area contributed by atoms with E-state index in [2.05, 4.69) is 15.5 Å². The number of nitrogens with zero attached hydrogens (tertiary/aromatic N) is 2. The molecule has 0 aliphatic rings. The van der Waals surface area contributed by atoms with E-state index in [0.29, 0.717) is 17.1 Å². The molecule has 148 valence electrons. The van der Waals surface area contributed by atoms with E-state index in [0.717, 1.165) is 0 Å². The zero-order chi connectivity index (χ0) is 20.7. The van der Waals surface area contributed by atoms with Gasteiger partial charge >= 0.3 is 9.15 Å². The Bertz CT molecular complexity index is 973. The highest BCUT2D eigenvalue weighted by atomic mass is 33.1. The second-order valence-corrected chi connectivity index (χ2v) is 8.71. The highest BCUT2D eigenvalue weighted by Crippen LogP contribution is 2.25. The summed E-state index contributed by atoms with van der Waals surface area (Å²) in [6, 6.07) is 10.9. The molecule has 2 rings (SSSR count). The van der Waals surface area contributed by atoms with E-state index in [4.69, 9.17) is 9.29 Å². The van der Waals surface area contributed by atoms with E-state index in [-0.39, 0.29) is 15.7 Å². The molecule has 9 nitrogen and oxygen atoms in total. The van der Waals surface area contributed by atoms with Crippen LogP contribution in [0.25, 0.3) is 0 Å². The average Bonchev–Trinajstić information content (AvgIpc) is 2.62. The lowest BCUT2D eigenvalue weighted by Crippen LogP contribution is -2.31. The fraction of sp³-hybridized carbons (Fsp3) is 0.176. The molecule has 2 aromatic rings. The van der Waals surface area contributed by atoms with Crippen LogP contribution >= 0.6 is 10.8 Å². The van der Waals surface area contributed by atoms with Gasteiger partial charge in [0.15, 0.2) is 5.78 Å². The predicted molar refractivity (Wildman–Crippen MR) is 104 cm³/mol. The zero-order valence-corrected chi connectivity index (χ0v) is 16.5. The summed E-state index contributed by atoms with van der Waals surface area (Å²) in [5.41, 5.74) is 0.780. The van der Waals surface area contributed by atoms with Crippen molar-refractivity contribution in [1.29, 1.82) is 0 Å². The van der Waals surface area contributed by atoms with Gasteiger partial charge in [0.05, 0.1) is 12.8 Å². The van der Waals surface area contributed by atoms with Crippen molar-refractivity contribution in [3.63, 3.8) is 0 Å². The number of anilines is 1. The van der Waals surface area contributed by atoms with Gasteiger partial charge in [0.2, 0.25) is 6.04 Å². The molecule has 1 atom stereocenters. The van der Waals surface area contributed by atoms with Crippen LogP contribution in [-0.4, -0.2) is 37.8 Å². The molecule has 0 aliphatic heterocycles. The number of azo groups is 1. The summed E-state index contributed by atoms with van der Waals surface area (Å²) in [5, 5.41) is 10.2. The lowest BCUT2D eigenvalue weighted by molar-refractivity contribution is -0.126. The number of hydrogen-bond donors (Lipinski definition) is 2. The Hall–Kier alpha value is -2.76. The largest absolute Gasteiger partial charge is 0.497 e. The normalized spacial score (nSPS) is 12.5. The van der Waals surface area contributed by atoms with E-state index in [1.54, 1.807) is 24.3 Å². The lowest BCUT2D eigenvalue weighted by atomic mass is 10.2. The quantitative estimate of drug-likeness (QED) is 0.288. The average molecular weight is 423 g/mol. The van der Waals surface area contributed by atoms with Gasteiger partial charge in [-0.1, -0.05) is 0 Å². The van der Waals surface area contributed by atoms with Crippen molar-refractivity contribution < 1.29 is 27.3 Å². The fourth-order valence-electron chi connectivity index (χ4n) is 2.02. The Labute approximate surface area is 165 Å². The van der Waals surface area contributed by atoms with Crippen molar-refractivity contribution >= 4 is 43.0 Å².